The van der Waals surface area contributed by atoms with Crippen LogP contribution < -0.4 is 10.9 Å². The normalized spacial score (nSPS) is 11.3. The van der Waals surface area contributed by atoms with Gasteiger partial charge in [-0.05, 0) is 36.8 Å². The van der Waals surface area contributed by atoms with E-state index in [0.717, 1.165) is 18.4 Å². The summed E-state index contributed by atoms with van der Waals surface area (Å²) in [6.07, 6.45) is 1.83. The van der Waals surface area contributed by atoms with Crippen molar-refractivity contribution in [1.29, 1.82) is 0 Å². The second-order valence-electron chi connectivity index (χ2n) is 6.79. The summed E-state index contributed by atoms with van der Waals surface area (Å²) in [6.45, 7) is 2.65. The molecule has 0 atom stereocenters. The maximum Gasteiger partial charge on any atom is 0.262 e. The van der Waals surface area contributed by atoms with Crippen LogP contribution in [0.1, 0.15) is 19.8 Å². The van der Waals surface area contributed by atoms with Gasteiger partial charge in [-0.2, -0.15) is 0 Å². The van der Waals surface area contributed by atoms with Crippen molar-refractivity contribution in [2.24, 2.45) is 0 Å². The Morgan fingerprint density at radius 3 is 2.80 bits per heavy atom. The van der Waals surface area contributed by atoms with E-state index in [1.807, 2.05) is 22.6 Å². The first kappa shape index (κ1) is 20.4. The number of aryl methyl sites for hydroxylation is 1. The zero-order valence-electron chi connectivity index (χ0n) is 16.3. The number of aromatic nitrogens is 4. The molecule has 0 aliphatic heterocycles. The zero-order valence-corrected chi connectivity index (χ0v) is 17.9. The number of fused-ring (bicyclic) bond motifs is 3. The number of rotatable bonds is 7. The summed E-state index contributed by atoms with van der Waals surface area (Å²) in [5.74, 6) is 0.461. The molecule has 154 valence electrons. The molecule has 0 saturated carbocycles. The van der Waals surface area contributed by atoms with Crippen LogP contribution in [0.5, 0.6) is 0 Å². The van der Waals surface area contributed by atoms with Gasteiger partial charge in [-0.1, -0.05) is 54.9 Å². The summed E-state index contributed by atoms with van der Waals surface area (Å²) >= 11 is 7.24. The monoisotopic (exact) mass is 441 g/mol. The largest absolute Gasteiger partial charge is 0.325 e. The van der Waals surface area contributed by atoms with Gasteiger partial charge in [0.25, 0.3) is 5.56 Å². The number of hydrogen-bond donors (Lipinski definition) is 1. The molecule has 2 heterocycles. The zero-order chi connectivity index (χ0) is 21.1. The van der Waals surface area contributed by atoms with Crippen LogP contribution >= 0.6 is 23.4 Å². The molecule has 4 rings (SSSR count). The van der Waals surface area contributed by atoms with Crippen LogP contribution in [0.25, 0.3) is 16.7 Å². The first-order valence-corrected chi connectivity index (χ1v) is 11.0. The number of amides is 1. The van der Waals surface area contributed by atoms with Crippen LogP contribution in [0.4, 0.5) is 5.69 Å². The molecule has 1 amide bonds. The molecule has 30 heavy (non-hydrogen) atoms. The van der Waals surface area contributed by atoms with Gasteiger partial charge in [0.05, 0.1) is 16.7 Å². The van der Waals surface area contributed by atoms with Gasteiger partial charge in [0.2, 0.25) is 11.7 Å². The number of halogens is 1. The fourth-order valence-corrected chi connectivity index (χ4v) is 4.17. The fraction of sp³-hybridized carbons (Fsp3) is 0.238. The van der Waals surface area contributed by atoms with E-state index in [4.69, 9.17) is 11.6 Å². The lowest BCUT2D eigenvalue weighted by atomic mass is 10.2. The average molecular weight is 442 g/mol. The van der Waals surface area contributed by atoms with Crippen LogP contribution in [-0.2, 0) is 11.3 Å². The summed E-state index contributed by atoms with van der Waals surface area (Å²) < 4.78 is 3.51. The van der Waals surface area contributed by atoms with Crippen LogP contribution in [0.2, 0.25) is 5.02 Å². The summed E-state index contributed by atoms with van der Waals surface area (Å²) in [5.41, 5.74) is 1.29. The van der Waals surface area contributed by atoms with Gasteiger partial charge in [0.15, 0.2) is 5.16 Å². The molecular formula is C21H20ClN5O2S. The van der Waals surface area contributed by atoms with Gasteiger partial charge in [0.1, 0.15) is 0 Å². The number of para-hydroxylation sites is 1. The van der Waals surface area contributed by atoms with Crippen molar-refractivity contribution in [3.05, 3.63) is 63.9 Å². The molecule has 4 aromatic rings. The number of nitrogens with one attached hydrogen (secondary N) is 1. The van der Waals surface area contributed by atoms with Crippen molar-refractivity contribution in [3.63, 3.8) is 0 Å². The van der Waals surface area contributed by atoms with Crippen molar-refractivity contribution >= 4 is 51.6 Å². The molecule has 1 N–H and O–H groups in total. The molecule has 0 spiro atoms. The minimum atomic E-state index is -0.178. The lowest BCUT2D eigenvalue weighted by molar-refractivity contribution is -0.113. The quantitative estimate of drug-likeness (QED) is 0.434. The third-order valence-electron chi connectivity index (χ3n) is 4.65. The number of nitrogens with zero attached hydrogens (tertiary/aromatic N) is 4. The van der Waals surface area contributed by atoms with E-state index < -0.39 is 0 Å². The van der Waals surface area contributed by atoms with E-state index in [9.17, 15) is 9.59 Å². The number of unbranched alkanes of at least 4 members (excludes halogenated alkanes) is 1. The Kier molecular flexibility index (Phi) is 6.06. The molecule has 7 nitrogen and oxygen atoms in total. The van der Waals surface area contributed by atoms with Crippen LogP contribution in [0, 0.1) is 0 Å². The van der Waals surface area contributed by atoms with Crippen molar-refractivity contribution in [3.8, 4) is 0 Å². The van der Waals surface area contributed by atoms with E-state index in [0.29, 0.717) is 33.6 Å². The lowest BCUT2D eigenvalue weighted by Gasteiger charge is -2.11. The maximum atomic E-state index is 13.0. The predicted octanol–water partition coefficient (Wildman–Crippen LogP) is 4.23. The molecule has 0 bridgehead atoms. The minimum absolute atomic E-state index is 0.0748. The predicted molar refractivity (Wildman–Crippen MR) is 120 cm³/mol. The maximum absolute atomic E-state index is 13.0. The van der Waals surface area contributed by atoms with Crippen molar-refractivity contribution < 1.29 is 4.79 Å². The summed E-state index contributed by atoms with van der Waals surface area (Å²) in [4.78, 5) is 25.3. The van der Waals surface area contributed by atoms with Crippen LogP contribution in [0.15, 0.2) is 58.5 Å². The van der Waals surface area contributed by atoms with Crippen LogP contribution in [0.3, 0.4) is 0 Å². The lowest BCUT2D eigenvalue weighted by Crippen LogP contribution is -2.23. The first-order valence-electron chi connectivity index (χ1n) is 9.63. The van der Waals surface area contributed by atoms with E-state index in [1.54, 1.807) is 34.9 Å². The number of hydrogen-bond acceptors (Lipinski definition) is 5. The van der Waals surface area contributed by atoms with Crippen molar-refractivity contribution in [2.75, 3.05) is 11.1 Å². The number of anilines is 1. The third kappa shape index (κ3) is 4.06. The summed E-state index contributed by atoms with van der Waals surface area (Å²) in [6, 6.07) is 14.4. The highest BCUT2D eigenvalue weighted by atomic mass is 35.5. The highest BCUT2D eigenvalue weighted by Crippen LogP contribution is 2.22. The first-order chi connectivity index (χ1) is 14.6. The third-order valence-corrected chi connectivity index (χ3v) is 5.82. The molecule has 0 unspecified atom stereocenters. The molecule has 0 fully saturated rings. The van der Waals surface area contributed by atoms with Gasteiger partial charge in [-0.15, -0.1) is 10.2 Å². The highest BCUT2D eigenvalue weighted by molar-refractivity contribution is 7.99. The summed E-state index contributed by atoms with van der Waals surface area (Å²) in [7, 11) is 0. The topological polar surface area (TPSA) is 81.3 Å². The number of thioether (sulfide) groups is 1. The second-order valence-corrected chi connectivity index (χ2v) is 8.17. The van der Waals surface area contributed by atoms with Crippen molar-refractivity contribution in [1.82, 2.24) is 19.2 Å². The molecule has 2 aromatic heterocycles. The standard InChI is InChI=1S/C21H20ClN5O2S/c1-2-3-11-26-19(29)16-9-4-5-10-17(16)27-20(26)24-25-21(27)30-13-18(28)23-15-8-6-7-14(22)12-15/h4-10,12H,2-3,11,13H2,1H3,(H,23,28). The van der Waals surface area contributed by atoms with Crippen LogP contribution in [-0.4, -0.2) is 30.8 Å². The molecular weight excluding hydrogens is 422 g/mol. The Hall–Kier alpha value is -2.84. The summed E-state index contributed by atoms with van der Waals surface area (Å²) in [5, 5.41) is 13.1. The number of carbonyl (C=O) groups excluding carboxylic acids is 1. The molecule has 9 heteroatoms. The van der Waals surface area contributed by atoms with E-state index >= 15 is 0 Å². The van der Waals surface area contributed by atoms with E-state index in [-0.39, 0.29) is 17.2 Å². The molecule has 0 aliphatic rings. The van der Waals surface area contributed by atoms with Gasteiger partial charge >= 0.3 is 0 Å². The second kappa shape index (κ2) is 8.89. The Morgan fingerprint density at radius 1 is 1.17 bits per heavy atom. The molecule has 0 radical (unpaired) electrons. The molecule has 2 aromatic carbocycles. The Labute approximate surface area is 182 Å². The van der Waals surface area contributed by atoms with E-state index in [1.165, 1.54) is 11.8 Å². The highest BCUT2D eigenvalue weighted by Gasteiger charge is 2.17. The Bertz CT molecular complexity index is 1280. The Balaban J connectivity index is 1.65. The van der Waals surface area contributed by atoms with Crippen molar-refractivity contribution in [2.45, 2.75) is 31.5 Å². The number of benzene rings is 2. The van der Waals surface area contributed by atoms with Gasteiger partial charge in [0, 0.05) is 17.3 Å². The van der Waals surface area contributed by atoms with Gasteiger partial charge in [-0.3, -0.25) is 18.6 Å². The van der Waals surface area contributed by atoms with E-state index in [2.05, 4.69) is 22.4 Å². The Morgan fingerprint density at radius 2 is 2.00 bits per heavy atom. The molecule has 0 saturated heterocycles. The fourth-order valence-electron chi connectivity index (χ4n) is 3.24. The SMILES string of the molecule is CCCCn1c(=O)c2ccccc2n2c(SCC(=O)Nc3cccc(Cl)c3)nnc12. The number of carbonyl (C=O) groups is 1. The van der Waals surface area contributed by atoms with Gasteiger partial charge < -0.3 is 5.32 Å². The smallest absolute Gasteiger partial charge is 0.262 e. The molecule has 0 aliphatic carbocycles. The van der Waals surface area contributed by atoms with Gasteiger partial charge in [-0.25, -0.2) is 0 Å². The average Bonchev–Trinajstić information content (AvgIpc) is 3.16. The minimum Gasteiger partial charge on any atom is -0.325 e.